The van der Waals surface area contributed by atoms with E-state index in [1.54, 1.807) is 6.92 Å². The molecule has 0 bridgehead atoms. The Balaban J connectivity index is 2.09. The van der Waals surface area contributed by atoms with E-state index in [1.807, 2.05) is 24.3 Å². The molecule has 4 heteroatoms. The number of aliphatic hydroxyl groups excluding tert-OH is 1. The van der Waals surface area contributed by atoms with Crippen LogP contribution in [0, 0.1) is 0 Å². The van der Waals surface area contributed by atoms with Crippen molar-refractivity contribution in [1.29, 1.82) is 0 Å². The third-order valence-corrected chi connectivity index (χ3v) is 2.46. The summed E-state index contributed by atoms with van der Waals surface area (Å²) in [4.78, 5) is 16.6. The molecule has 1 atom stereocenters. The molecule has 0 saturated carbocycles. The van der Waals surface area contributed by atoms with Gasteiger partial charge >= 0.3 is 0 Å². The van der Waals surface area contributed by atoms with E-state index >= 15 is 0 Å². The molecule has 16 heavy (non-hydrogen) atoms. The van der Waals surface area contributed by atoms with E-state index in [9.17, 15) is 9.90 Å². The van der Waals surface area contributed by atoms with E-state index in [0.29, 0.717) is 19.4 Å². The number of nitrogens with zero attached hydrogens (tertiary/aromatic N) is 1. The Morgan fingerprint density at radius 1 is 1.44 bits per heavy atom. The predicted octanol–water partition coefficient (Wildman–Crippen LogP) is 1.28. The first-order valence-electron chi connectivity index (χ1n) is 5.39. The summed E-state index contributed by atoms with van der Waals surface area (Å²) in [5.74, 6) is -0.0109. The molecule has 1 aliphatic heterocycles. The second-order valence-electron chi connectivity index (χ2n) is 3.99. The lowest BCUT2D eigenvalue weighted by atomic mass is 10.1. The second-order valence-corrected chi connectivity index (χ2v) is 3.99. The molecule has 0 radical (unpaired) electrons. The summed E-state index contributed by atoms with van der Waals surface area (Å²) in [7, 11) is 0. The lowest BCUT2D eigenvalue weighted by molar-refractivity contribution is -0.119. The van der Waals surface area contributed by atoms with E-state index in [2.05, 4.69) is 0 Å². The van der Waals surface area contributed by atoms with Crippen molar-refractivity contribution in [3.8, 4) is 0 Å². The van der Waals surface area contributed by atoms with Gasteiger partial charge < -0.3 is 5.11 Å². The topological polar surface area (TPSA) is 49.8 Å². The summed E-state index contributed by atoms with van der Waals surface area (Å²) in [5, 5.41) is 10.6. The highest BCUT2D eigenvalue weighted by Crippen LogP contribution is 2.20. The lowest BCUT2D eigenvalue weighted by Gasteiger charge is -2.14. The molecule has 1 heterocycles. The third-order valence-electron chi connectivity index (χ3n) is 2.46. The van der Waals surface area contributed by atoms with Gasteiger partial charge in [0.25, 0.3) is 5.91 Å². The molecule has 0 aromatic heterocycles. The number of rotatable bonds is 3. The fourth-order valence-corrected chi connectivity index (χ4v) is 1.72. The molecule has 86 valence electrons. The molecule has 0 spiro atoms. The molecule has 1 N–H and O–H groups in total. The largest absolute Gasteiger partial charge is 0.393 e. The third kappa shape index (κ3) is 2.40. The van der Waals surface area contributed by atoms with Gasteiger partial charge in [0.05, 0.1) is 24.8 Å². The number of carbonyl (C=O) groups excluding carboxylic acids is 1. The Kier molecular flexibility index (Phi) is 3.22. The molecule has 1 saturated heterocycles. The maximum Gasteiger partial charge on any atom is 0.253 e. The Bertz CT molecular complexity index is 372. The quantitative estimate of drug-likeness (QED) is 0.836. The molecular formula is C12H15NO3. The van der Waals surface area contributed by atoms with Crippen molar-refractivity contribution in [2.75, 3.05) is 11.7 Å². The maximum absolute atomic E-state index is 11.4. The number of carbonyl (C=O) groups is 1. The van der Waals surface area contributed by atoms with Crippen LogP contribution >= 0.6 is 0 Å². The monoisotopic (exact) mass is 221 g/mol. The van der Waals surface area contributed by atoms with Crippen LogP contribution in [-0.2, 0) is 16.1 Å². The number of benzene rings is 1. The van der Waals surface area contributed by atoms with Crippen LogP contribution in [0.1, 0.15) is 18.9 Å². The van der Waals surface area contributed by atoms with E-state index in [0.717, 1.165) is 11.3 Å². The van der Waals surface area contributed by atoms with E-state index in [1.165, 1.54) is 5.06 Å². The van der Waals surface area contributed by atoms with Gasteiger partial charge in [-0.1, -0.05) is 12.1 Å². The Hall–Kier alpha value is -1.39. The van der Waals surface area contributed by atoms with Gasteiger partial charge in [-0.3, -0.25) is 9.63 Å². The highest BCUT2D eigenvalue weighted by atomic mass is 16.7. The van der Waals surface area contributed by atoms with Crippen LogP contribution in [0.5, 0.6) is 0 Å². The standard InChI is InChI=1S/C12H15NO3/c1-9(14)8-10-2-4-11(5-3-10)13-12(15)6-7-16-13/h2-5,9,14H,6-8H2,1H3. The average molecular weight is 221 g/mol. The van der Waals surface area contributed by atoms with Gasteiger partial charge in [0.2, 0.25) is 0 Å². The minimum Gasteiger partial charge on any atom is -0.393 e. The smallest absolute Gasteiger partial charge is 0.253 e. The van der Waals surface area contributed by atoms with E-state index in [4.69, 9.17) is 4.84 Å². The van der Waals surface area contributed by atoms with Gasteiger partial charge in [-0.25, -0.2) is 0 Å². The molecule has 1 aromatic rings. The summed E-state index contributed by atoms with van der Waals surface area (Å²) in [5.41, 5.74) is 1.79. The highest BCUT2D eigenvalue weighted by Gasteiger charge is 2.22. The summed E-state index contributed by atoms with van der Waals surface area (Å²) in [6.07, 6.45) is 0.709. The molecule has 1 fully saturated rings. The van der Waals surface area contributed by atoms with Crippen molar-refractivity contribution in [1.82, 2.24) is 0 Å². The highest BCUT2D eigenvalue weighted by molar-refractivity contribution is 5.92. The molecule has 1 unspecified atom stereocenters. The van der Waals surface area contributed by atoms with Crippen LogP contribution in [0.3, 0.4) is 0 Å². The van der Waals surface area contributed by atoms with Crippen LogP contribution in [0.2, 0.25) is 0 Å². The fraction of sp³-hybridized carbons (Fsp3) is 0.417. The SMILES string of the molecule is CC(O)Cc1ccc(N2OCCC2=O)cc1. The van der Waals surface area contributed by atoms with Crippen molar-refractivity contribution in [2.24, 2.45) is 0 Å². The first-order valence-corrected chi connectivity index (χ1v) is 5.39. The van der Waals surface area contributed by atoms with Crippen LogP contribution in [0.4, 0.5) is 5.69 Å². The van der Waals surface area contributed by atoms with Gasteiger partial charge in [-0.2, -0.15) is 5.06 Å². The van der Waals surface area contributed by atoms with Crippen LogP contribution in [0.25, 0.3) is 0 Å². The van der Waals surface area contributed by atoms with E-state index < -0.39 is 0 Å². The van der Waals surface area contributed by atoms with Crippen LogP contribution in [-0.4, -0.2) is 23.7 Å². The minimum atomic E-state index is -0.351. The number of anilines is 1. The van der Waals surface area contributed by atoms with Crippen LogP contribution in [0.15, 0.2) is 24.3 Å². The van der Waals surface area contributed by atoms with Gasteiger partial charge in [0.1, 0.15) is 0 Å². The van der Waals surface area contributed by atoms with Gasteiger partial charge in [0, 0.05) is 0 Å². The molecule has 0 aliphatic carbocycles. The first kappa shape index (κ1) is 11.1. The molecule has 2 rings (SSSR count). The zero-order valence-corrected chi connectivity index (χ0v) is 9.22. The first-order chi connectivity index (χ1) is 7.66. The second kappa shape index (κ2) is 4.63. The molecule has 4 nitrogen and oxygen atoms in total. The van der Waals surface area contributed by atoms with Gasteiger partial charge in [-0.15, -0.1) is 0 Å². The lowest BCUT2D eigenvalue weighted by Crippen LogP contribution is -2.22. The minimum absolute atomic E-state index is 0.0109. The van der Waals surface area contributed by atoms with Crippen molar-refractivity contribution in [3.63, 3.8) is 0 Å². The Labute approximate surface area is 94.4 Å². The van der Waals surface area contributed by atoms with Crippen molar-refractivity contribution < 1.29 is 14.7 Å². The maximum atomic E-state index is 11.4. The number of hydrogen-bond donors (Lipinski definition) is 1. The summed E-state index contributed by atoms with van der Waals surface area (Å²) >= 11 is 0. The summed E-state index contributed by atoms with van der Waals surface area (Å²) in [6.45, 7) is 2.20. The number of aliphatic hydroxyl groups is 1. The average Bonchev–Trinajstić information content (AvgIpc) is 2.65. The molecule has 1 amide bonds. The molecule has 1 aromatic carbocycles. The zero-order valence-electron chi connectivity index (χ0n) is 9.22. The van der Waals surface area contributed by atoms with Crippen molar-refractivity contribution >= 4 is 11.6 Å². The Morgan fingerprint density at radius 2 is 2.12 bits per heavy atom. The molecule has 1 aliphatic rings. The zero-order chi connectivity index (χ0) is 11.5. The number of hydrogen-bond acceptors (Lipinski definition) is 3. The fourth-order valence-electron chi connectivity index (χ4n) is 1.72. The van der Waals surface area contributed by atoms with Crippen molar-refractivity contribution in [2.45, 2.75) is 25.9 Å². The summed E-state index contributed by atoms with van der Waals surface area (Å²) < 4.78 is 0. The normalized spacial score (nSPS) is 17.9. The summed E-state index contributed by atoms with van der Waals surface area (Å²) in [6, 6.07) is 7.47. The van der Waals surface area contributed by atoms with Crippen molar-refractivity contribution in [3.05, 3.63) is 29.8 Å². The Morgan fingerprint density at radius 3 is 2.62 bits per heavy atom. The van der Waals surface area contributed by atoms with E-state index in [-0.39, 0.29) is 12.0 Å². The van der Waals surface area contributed by atoms with Crippen LogP contribution < -0.4 is 5.06 Å². The predicted molar refractivity (Wildman–Crippen MR) is 59.9 cm³/mol. The number of hydroxylamine groups is 1. The molecular weight excluding hydrogens is 206 g/mol. The van der Waals surface area contributed by atoms with Gasteiger partial charge in [-0.05, 0) is 31.0 Å². The number of amides is 1. The van der Waals surface area contributed by atoms with Gasteiger partial charge in [0.15, 0.2) is 0 Å².